The number of ether oxygens (including phenoxy) is 2. The molecule has 4 N–H and O–H groups in total. The Morgan fingerprint density at radius 1 is 0.698 bits per heavy atom. The van der Waals surface area contributed by atoms with Gasteiger partial charge in [0.2, 0.25) is 0 Å². The highest BCUT2D eigenvalue weighted by molar-refractivity contribution is 9.11. The van der Waals surface area contributed by atoms with E-state index in [2.05, 4.69) is 57.8 Å². The van der Waals surface area contributed by atoms with Gasteiger partial charge in [-0.2, -0.15) is 0 Å². The summed E-state index contributed by atoms with van der Waals surface area (Å²) in [5.41, 5.74) is 13.9. The number of rotatable bonds is 10. The molecule has 6 rings (SSSR count). The maximum atomic E-state index is 14.2. The standard InChI is InChI=1S/C18H12Br2F2N2O2S.C18H13BrF2N2O2S/c1-8-2-3-10(19)9(6-8)16-17(20)27-13(24-16)7-26-12-5-4-11(21)14(15(12)22)18(23)25;1-9-2-3-11(19)10(6-9)13-8-26-15(23-13)7-25-14-5-4-12(20)16(17(14)21)18(22)24/h2-6H,7H2,1H3,(H2,23,25);2-6,8H,7H2,1H3,(H2,22,24). The van der Waals surface area contributed by atoms with Crippen molar-refractivity contribution in [3.05, 3.63) is 134 Å². The van der Waals surface area contributed by atoms with Crippen molar-refractivity contribution in [3.8, 4) is 34.0 Å². The van der Waals surface area contributed by atoms with Crippen molar-refractivity contribution in [3.63, 3.8) is 0 Å². The minimum absolute atomic E-state index is 0.0190. The molecule has 0 bridgehead atoms. The Labute approximate surface area is 333 Å². The van der Waals surface area contributed by atoms with Crippen LogP contribution in [0.25, 0.3) is 22.5 Å². The van der Waals surface area contributed by atoms with E-state index in [1.54, 1.807) is 0 Å². The van der Waals surface area contributed by atoms with E-state index in [9.17, 15) is 27.2 Å². The van der Waals surface area contributed by atoms with Crippen molar-refractivity contribution in [2.24, 2.45) is 11.5 Å². The molecule has 0 spiro atoms. The Morgan fingerprint density at radius 2 is 1.19 bits per heavy atom. The molecule has 0 saturated heterocycles. The summed E-state index contributed by atoms with van der Waals surface area (Å²) < 4.78 is 68.8. The fraction of sp³-hybridized carbons (Fsp3) is 0.111. The van der Waals surface area contributed by atoms with Gasteiger partial charge in [0, 0.05) is 25.5 Å². The van der Waals surface area contributed by atoms with E-state index < -0.39 is 46.2 Å². The number of thiazole rings is 2. The number of amides is 2. The fourth-order valence-electron chi connectivity index (χ4n) is 4.75. The number of aryl methyl sites for hydroxylation is 2. The first-order chi connectivity index (χ1) is 25.1. The minimum atomic E-state index is -1.20. The Balaban J connectivity index is 0.000000204. The molecule has 0 fully saturated rings. The predicted molar refractivity (Wildman–Crippen MR) is 206 cm³/mol. The molecule has 4 aromatic carbocycles. The van der Waals surface area contributed by atoms with Crippen molar-refractivity contribution in [2.75, 3.05) is 0 Å². The van der Waals surface area contributed by atoms with Crippen LogP contribution in [0.5, 0.6) is 11.5 Å². The molecule has 17 heteroatoms. The summed E-state index contributed by atoms with van der Waals surface area (Å²) >= 11 is 13.2. The topological polar surface area (TPSA) is 130 Å². The van der Waals surface area contributed by atoms with Gasteiger partial charge in [-0.15, -0.1) is 22.7 Å². The molecule has 0 aliphatic carbocycles. The van der Waals surface area contributed by atoms with Gasteiger partial charge in [-0.25, -0.2) is 27.5 Å². The SMILES string of the molecule is Cc1ccc(Br)c(-c2csc(COc3ccc(F)c(C(N)=O)c3F)n2)c1.Cc1ccc(Br)c(-c2nc(COc3ccc(F)c(C(N)=O)c3F)sc2Br)c1. The summed E-state index contributed by atoms with van der Waals surface area (Å²) in [6.45, 7) is 3.90. The van der Waals surface area contributed by atoms with E-state index >= 15 is 0 Å². The molecule has 0 unspecified atom stereocenters. The molecule has 2 amide bonds. The monoisotopic (exact) mass is 954 g/mol. The molecular formula is C36H25Br3F4N4O4S2. The second kappa shape index (κ2) is 17.3. The van der Waals surface area contributed by atoms with E-state index in [1.165, 1.54) is 22.7 Å². The molecule has 0 aliphatic rings. The Morgan fingerprint density at radius 3 is 1.72 bits per heavy atom. The van der Waals surface area contributed by atoms with Gasteiger partial charge >= 0.3 is 0 Å². The number of nitrogens with zero attached hydrogens (tertiary/aromatic N) is 2. The third-order valence-electron chi connectivity index (χ3n) is 7.26. The number of carbonyl (C=O) groups is 2. The highest BCUT2D eigenvalue weighted by atomic mass is 79.9. The van der Waals surface area contributed by atoms with E-state index in [0.717, 1.165) is 70.6 Å². The van der Waals surface area contributed by atoms with Gasteiger partial charge < -0.3 is 20.9 Å². The van der Waals surface area contributed by atoms with Crippen LogP contribution in [0.15, 0.2) is 78.8 Å². The summed E-state index contributed by atoms with van der Waals surface area (Å²) in [4.78, 5) is 31.4. The molecule has 0 aliphatic heterocycles. The average molecular weight is 957 g/mol. The molecule has 2 heterocycles. The Bertz CT molecular complexity index is 2360. The molecule has 0 radical (unpaired) electrons. The highest BCUT2D eigenvalue weighted by Gasteiger charge is 2.22. The number of benzene rings is 4. The highest BCUT2D eigenvalue weighted by Crippen LogP contribution is 2.38. The third kappa shape index (κ3) is 9.51. The van der Waals surface area contributed by atoms with Crippen LogP contribution in [0.2, 0.25) is 0 Å². The zero-order valence-corrected chi connectivity index (χ0v) is 33.8. The van der Waals surface area contributed by atoms with Crippen LogP contribution in [0.4, 0.5) is 17.6 Å². The van der Waals surface area contributed by atoms with Gasteiger partial charge in [0.15, 0.2) is 23.1 Å². The predicted octanol–water partition coefficient (Wildman–Crippen LogP) is 10.4. The number of halogens is 7. The lowest BCUT2D eigenvalue weighted by atomic mass is 10.1. The van der Waals surface area contributed by atoms with Crippen LogP contribution in [0.1, 0.15) is 41.9 Å². The van der Waals surface area contributed by atoms with E-state index in [4.69, 9.17) is 20.9 Å². The zero-order valence-electron chi connectivity index (χ0n) is 27.4. The lowest BCUT2D eigenvalue weighted by Gasteiger charge is -2.08. The van der Waals surface area contributed by atoms with Crippen molar-refractivity contribution >= 4 is 82.3 Å². The van der Waals surface area contributed by atoms with Crippen LogP contribution in [0.3, 0.4) is 0 Å². The Kier molecular flexibility index (Phi) is 13.1. The van der Waals surface area contributed by atoms with Crippen LogP contribution in [-0.4, -0.2) is 21.8 Å². The van der Waals surface area contributed by atoms with Crippen LogP contribution < -0.4 is 20.9 Å². The quantitative estimate of drug-likeness (QED) is 0.132. The first-order valence-electron chi connectivity index (χ1n) is 15.1. The normalized spacial score (nSPS) is 10.8. The van der Waals surface area contributed by atoms with E-state index in [-0.39, 0.29) is 24.7 Å². The molecule has 2 aromatic heterocycles. The van der Waals surface area contributed by atoms with Crippen LogP contribution >= 0.6 is 70.5 Å². The second-order valence-corrected chi connectivity index (χ2v) is 16.2. The van der Waals surface area contributed by atoms with Gasteiger partial charge in [0.25, 0.3) is 11.8 Å². The first kappa shape index (κ1) is 40.0. The fourth-order valence-corrected chi connectivity index (χ4v) is 7.91. The number of nitrogens with two attached hydrogens (primary N) is 2. The summed E-state index contributed by atoms with van der Waals surface area (Å²) in [6.07, 6.45) is 0. The zero-order chi connectivity index (χ0) is 38.6. The third-order valence-corrected chi connectivity index (χ3v) is 11.1. The average Bonchev–Trinajstić information content (AvgIpc) is 3.72. The molecule has 0 atom stereocenters. The molecule has 274 valence electrons. The number of hydrogen-bond donors (Lipinski definition) is 2. The van der Waals surface area contributed by atoms with Crippen LogP contribution in [0, 0.1) is 37.1 Å². The lowest BCUT2D eigenvalue weighted by Crippen LogP contribution is -2.16. The van der Waals surface area contributed by atoms with Gasteiger partial charge in [0.1, 0.15) is 46.0 Å². The van der Waals surface area contributed by atoms with Gasteiger partial charge in [-0.1, -0.05) is 55.1 Å². The van der Waals surface area contributed by atoms with Gasteiger partial charge in [-0.3, -0.25) is 9.59 Å². The second-order valence-electron chi connectivity index (χ2n) is 11.1. The first-order valence-corrected chi connectivity index (χ1v) is 19.2. The lowest BCUT2D eigenvalue weighted by molar-refractivity contribution is 0.0982. The number of primary amides is 2. The Hall–Kier alpha value is -4.16. The molecule has 8 nitrogen and oxygen atoms in total. The summed E-state index contributed by atoms with van der Waals surface area (Å²) in [5.74, 6) is -7.21. The van der Waals surface area contributed by atoms with Gasteiger partial charge in [0.05, 0.1) is 15.2 Å². The van der Waals surface area contributed by atoms with Crippen LogP contribution in [-0.2, 0) is 13.2 Å². The van der Waals surface area contributed by atoms with Gasteiger partial charge in [-0.05, 0) is 78.3 Å². The van der Waals surface area contributed by atoms with E-state index in [0.29, 0.717) is 10.0 Å². The molecule has 6 aromatic rings. The largest absolute Gasteiger partial charge is 0.483 e. The van der Waals surface area contributed by atoms with Crippen molar-refractivity contribution in [1.82, 2.24) is 9.97 Å². The maximum absolute atomic E-state index is 14.2. The summed E-state index contributed by atoms with van der Waals surface area (Å²) in [7, 11) is 0. The van der Waals surface area contributed by atoms with Crippen molar-refractivity contribution in [1.29, 1.82) is 0 Å². The van der Waals surface area contributed by atoms with E-state index in [1.807, 2.05) is 55.6 Å². The van der Waals surface area contributed by atoms with Crippen molar-refractivity contribution < 1.29 is 36.6 Å². The van der Waals surface area contributed by atoms with Crippen molar-refractivity contribution in [2.45, 2.75) is 27.1 Å². The smallest absolute Gasteiger partial charge is 0.254 e. The number of hydrogen-bond acceptors (Lipinski definition) is 8. The summed E-state index contributed by atoms with van der Waals surface area (Å²) in [5, 5.41) is 3.06. The summed E-state index contributed by atoms with van der Waals surface area (Å²) in [6, 6.07) is 15.9. The molecular weight excluding hydrogens is 932 g/mol. The number of carbonyl (C=O) groups excluding carboxylic acids is 2. The number of aromatic nitrogens is 2. The minimum Gasteiger partial charge on any atom is -0.483 e. The maximum Gasteiger partial charge on any atom is 0.254 e. The molecule has 53 heavy (non-hydrogen) atoms. The molecule has 0 saturated carbocycles.